The van der Waals surface area contributed by atoms with E-state index in [0.29, 0.717) is 4.88 Å². The highest BCUT2D eigenvalue weighted by atomic mass is 32.1. The van der Waals surface area contributed by atoms with E-state index in [1.165, 1.54) is 11.3 Å². The maximum atomic E-state index is 11.3. The summed E-state index contributed by atoms with van der Waals surface area (Å²) in [6, 6.07) is 7.82. The van der Waals surface area contributed by atoms with Gasteiger partial charge in [-0.15, -0.1) is 11.3 Å². The molecule has 126 valence electrons. The molecular weight excluding hydrogens is 326 g/mol. The van der Waals surface area contributed by atoms with Crippen molar-refractivity contribution < 1.29 is 14.0 Å². The number of hydrogen-bond donors (Lipinski definition) is 1. The van der Waals surface area contributed by atoms with Gasteiger partial charge in [-0.1, -0.05) is 26.8 Å². The molecule has 0 saturated carbocycles. The summed E-state index contributed by atoms with van der Waals surface area (Å²) in [4.78, 5) is 11.9. The van der Waals surface area contributed by atoms with E-state index in [0.717, 1.165) is 15.6 Å². The van der Waals surface area contributed by atoms with Crippen molar-refractivity contribution in [3.63, 3.8) is 0 Å². The first-order valence-corrected chi connectivity index (χ1v) is 11.3. The van der Waals surface area contributed by atoms with Gasteiger partial charge in [0, 0.05) is 17.4 Å². The van der Waals surface area contributed by atoms with Crippen molar-refractivity contribution in [3.8, 4) is 0 Å². The summed E-state index contributed by atoms with van der Waals surface area (Å²) in [5.41, 5.74) is 6.32. The SMILES string of the molecule is COC(O[Si](C)(C)C(C)(C)C)c1ccc2sc(C(N)=O)cc2c1. The van der Waals surface area contributed by atoms with Crippen LogP contribution in [0.5, 0.6) is 0 Å². The van der Waals surface area contributed by atoms with Crippen LogP contribution in [0.2, 0.25) is 18.1 Å². The first-order valence-electron chi connectivity index (χ1n) is 7.59. The number of hydrogen-bond acceptors (Lipinski definition) is 4. The fourth-order valence-corrected chi connectivity index (χ4v) is 4.04. The van der Waals surface area contributed by atoms with Crippen molar-refractivity contribution >= 4 is 35.6 Å². The zero-order valence-electron chi connectivity index (χ0n) is 14.6. The molecule has 1 unspecified atom stereocenters. The third-order valence-electron chi connectivity index (χ3n) is 4.48. The minimum Gasteiger partial charge on any atom is -0.389 e. The number of methoxy groups -OCH3 is 1. The van der Waals surface area contributed by atoms with Crippen molar-refractivity contribution in [2.24, 2.45) is 5.73 Å². The van der Waals surface area contributed by atoms with Crippen molar-refractivity contribution in [1.29, 1.82) is 0 Å². The monoisotopic (exact) mass is 351 g/mol. The molecule has 23 heavy (non-hydrogen) atoms. The number of rotatable bonds is 5. The van der Waals surface area contributed by atoms with Crippen LogP contribution in [0.25, 0.3) is 10.1 Å². The van der Waals surface area contributed by atoms with E-state index in [9.17, 15) is 4.79 Å². The Labute approximate surface area is 142 Å². The second-order valence-corrected chi connectivity index (χ2v) is 13.1. The standard InChI is InChI=1S/C17H25NO3SSi/c1-17(2,3)23(5,6)21-16(20-4)11-7-8-13-12(9-11)10-14(22-13)15(18)19/h7-10,16H,1-6H3,(H2,18,19). The molecule has 1 heterocycles. The average molecular weight is 352 g/mol. The molecule has 0 saturated heterocycles. The number of thiophene rings is 1. The predicted octanol–water partition coefficient (Wildman–Crippen LogP) is 4.67. The fourth-order valence-electron chi connectivity index (χ4n) is 2.03. The maximum absolute atomic E-state index is 11.3. The van der Waals surface area contributed by atoms with Gasteiger partial charge in [-0.2, -0.15) is 0 Å². The Morgan fingerprint density at radius 1 is 1.26 bits per heavy atom. The molecule has 1 aromatic heterocycles. The lowest BCUT2D eigenvalue weighted by atomic mass is 10.1. The van der Waals surface area contributed by atoms with Gasteiger partial charge in [-0.3, -0.25) is 4.79 Å². The number of carbonyl (C=O) groups is 1. The van der Waals surface area contributed by atoms with Gasteiger partial charge in [-0.25, -0.2) is 0 Å². The van der Waals surface area contributed by atoms with Crippen LogP contribution in [-0.2, 0) is 9.16 Å². The normalized spacial score (nSPS) is 14.2. The zero-order chi connectivity index (χ0) is 17.4. The largest absolute Gasteiger partial charge is 0.389 e. The summed E-state index contributed by atoms with van der Waals surface area (Å²) in [7, 11) is -0.291. The van der Waals surface area contributed by atoms with Gasteiger partial charge >= 0.3 is 0 Å². The van der Waals surface area contributed by atoms with Crippen molar-refractivity contribution in [1.82, 2.24) is 0 Å². The van der Waals surface area contributed by atoms with Crippen LogP contribution in [0.4, 0.5) is 0 Å². The molecular formula is C17H25NO3SSi. The average Bonchev–Trinajstić information content (AvgIpc) is 2.86. The van der Waals surface area contributed by atoms with Gasteiger partial charge in [0.05, 0.1) is 4.88 Å². The van der Waals surface area contributed by atoms with Crippen LogP contribution >= 0.6 is 11.3 Å². The van der Waals surface area contributed by atoms with Gasteiger partial charge in [0.15, 0.2) is 14.6 Å². The quantitative estimate of drug-likeness (QED) is 0.629. The number of amides is 1. The molecule has 0 aliphatic rings. The minimum atomic E-state index is -1.95. The van der Waals surface area contributed by atoms with Gasteiger partial charge in [0.25, 0.3) is 5.91 Å². The highest BCUT2D eigenvalue weighted by Gasteiger charge is 2.39. The van der Waals surface area contributed by atoms with Gasteiger partial charge < -0.3 is 14.9 Å². The van der Waals surface area contributed by atoms with E-state index in [1.807, 2.05) is 24.3 Å². The molecule has 1 atom stereocenters. The first-order chi connectivity index (χ1) is 10.5. The Morgan fingerprint density at radius 2 is 1.91 bits per heavy atom. The molecule has 2 N–H and O–H groups in total. The van der Waals surface area contributed by atoms with E-state index in [4.69, 9.17) is 14.9 Å². The summed E-state index contributed by atoms with van der Waals surface area (Å²) in [5, 5.41) is 1.09. The molecule has 0 fully saturated rings. The molecule has 6 heteroatoms. The van der Waals surface area contributed by atoms with Gasteiger partial charge in [-0.05, 0) is 41.7 Å². The minimum absolute atomic E-state index is 0.107. The van der Waals surface area contributed by atoms with E-state index < -0.39 is 20.5 Å². The number of benzene rings is 1. The molecule has 0 bridgehead atoms. The Morgan fingerprint density at radius 3 is 2.43 bits per heavy atom. The van der Waals surface area contributed by atoms with Crippen molar-refractivity contribution in [2.75, 3.05) is 7.11 Å². The third kappa shape index (κ3) is 3.83. The number of carbonyl (C=O) groups excluding carboxylic acids is 1. The van der Waals surface area contributed by atoms with Crippen LogP contribution in [0.1, 0.15) is 42.3 Å². The number of ether oxygens (including phenoxy) is 1. The summed E-state index contributed by atoms with van der Waals surface area (Å²) < 4.78 is 13.0. The predicted molar refractivity (Wildman–Crippen MR) is 98.4 cm³/mol. The Balaban J connectivity index is 2.34. The Kier molecular flexibility index (Phi) is 5.01. The third-order valence-corrected chi connectivity index (χ3v) is 10.0. The molecule has 4 nitrogen and oxygen atoms in total. The van der Waals surface area contributed by atoms with E-state index in [1.54, 1.807) is 7.11 Å². The van der Waals surface area contributed by atoms with Crippen LogP contribution in [0, 0.1) is 0 Å². The van der Waals surface area contributed by atoms with E-state index in [-0.39, 0.29) is 5.04 Å². The molecule has 1 aromatic carbocycles. The van der Waals surface area contributed by atoms with Crippen LogP contribution < -0.4 is 5.73 Å². The summed E-state index contributed by atoms with van der Waals surface area (Å²) in [6.45, 7) is 11.0. The molecule has 0 aliphatic heterocycles. The lowest BCUT2D eigenvalue weighted by Crippen LogP contribution is -2.42. The fraction of sp³-hybridized carbons (Fsp3) is 0.471. The molecule has 2 rings (SSSR count). The highest BCUT2D eigenvalue weighted by Crippen LogP contribution is 2.40. The van der Waals surface area contributed by atoms with Crippen LogP contribution in [0.3, 0.4) is 0 Å². The Hall–Kier alpha value is -1.21. The molecule has 2 aromatic rings. The lowest BCUT2D eigenvalue weighted by molar-refractivity contribution is -0.0657. The van der Waals surface area contributed by atoms with Crippen LogP contribution in [0.15, 0.2) is 24.3 Å². The van der Waals surface area contributed by atoms with E-state index in [2.05, 4.69) is 33.9 Å². The highest BCUT2D eigenvalue weighted by molar-refractivity contribution is 7.20. The molecule has 0 spiro atoms. The summed E-state index contributed by atoms with van der Waals surface area (Å²) in [6.07, 6.45) is -0.405. The molecule has 0 radical (unpaired) electrons. The molecule has 0 aliphatic carbocycles. The smallest absolute Gasteiger partial charge is 0.258 e. The van der Waals surface area contributed by atoms with E-state index >= 15 is 0 Å². The van der Waals surface area contributed by atoms with Crippen molar-refractivity contribution in [2.45, 2.75) is 45.2 Å². The Bertz CT molecular complexity index is 718. The topological polar surface area (TPSA) is 61.6 Å². The zero-order valence-corrected chi connectivity index (χ0v) is 16.4. The van der Waals surface area contributed by atoms with Gasteiger partial charge in [0.2, 0.25) is 0 Å². The first kappa shape index (κ1) is 18.1. The maximum Gasteiger partial charge on any atom is 0.258 e. The summed E-state index contributed by atoms with van der Waals surface area (Å²) >= 11 is 1.40. The lowest BCUT2D eigenvalue weighted by Gasteiger charge is -2.38. The molecule has 1 amide bonds. The van der Waals surface area contributed by atoms with Crippen LogP contribution in [-0.4, -0.2) is 21.3 Å². The number of primary amides is 1. The number of fused-ring (bicyclic) bond motifs is 1. The number of nitrogens with two attached hydrogens (primary N) is 1. The summed E-state index contributed by atoms with van der Waals surface area (Å²) in [5.74, 6) is -0.395. The second-order valence-electron chi connectivity index (χ2n) is 7.22. The van der Waals surface area contributed by atoms with Crippen molar-refractivity contribution in [3.05, 3.63) is 34.7 Å². The van der Waals surface area contributed by atoms with Gasteiger partial charge in [0.1, 0.15) is 0 Å². The second kappa shape index (κ2) is 6.35.